The molecule has 18 heavy (non-hydrogen) atoms. The molecule has 2 atom stereocenters. The number of aryl methyl sites for hydroxylation is 2. The molecule has 1 aromatic heterocycles. The molecule has 4 heteroatoms. The molecule has 0 saturated heterocycles. The first-order chi connectivity index (χ1) is 8.61. The zero-order chi connectivity index (χ0) is 13.1. The van der Waals surface area contributed by atoms with Gasteiger partial charge in [0.15, 0.2) is 0 Å². The minimum Gasteiger partial charge on any atom is -0.317 e. The number of rotatable bonds is 3. The number of halogens is 1. The first-order valence-electron chi connectivity index (χ1n) is 6.97. The number of hydrogen-bond acceptors (Lipinski definition) is 2. The highest BCUT2D eigenvalue weighted by Crippen LogP contribution is 2.29. The monoisotopic (exact) mass is 269 g/mol. The van der Waals surface area contributed by atoms with Gasteiger partial charge >= 0.3 is 0 Å². The zero-order valence-corrected chi connectivity index (χ0v) is 12.4. The minimum absolute atomic E-state index is 0.674. The molecule has 0 aliphatic heterocycles. The maximum atomic E-state index is 6.33. The summed E-state index contributed by atoms with van der Waals surface area (Å²) in [6.07, 6.45) is 7.68. The standard InChI is InChI=1S/C14H24ClN3/c1-10-13(14(15)18(3)17-10)9-11-6-4-5-7-12(8-11)16-2/h11-12,16H,4-9H2,1-3H3. The van der Waals surface area contributed by atoms with Crippen molar-refractivity contribution in [2.45, 2.75) is 51.5 Å². The van der Waals surface area contributed by atoms with Gasteiger partial charge in [0.1, 0.15) is 5.15 Å². The highest BCUT2D eigenvalue weighted by atomic mass is 35.5. The Balaban J connectivity index is 2.07. The predicted octanol–water partition coefficient (Wildman–Crippen LogP) is 3.09. The van der Waals surface area contributed by atoms with Crippen LogP contribution in [0, 0.1) is 12.8 Å². The first-order valence-corrected chi connectivity index (χ1v) is 7.34. The zero-order valence-electron chi connectivity index (χ0n) is 11.7. The summed E-state index contributed by atoms with van der Waals surface area (Å²) in [5, 5.41) is 8.67. The molecular weight excluding hydrogens is 246 g/mol. The van der Waals surface area contributed by atoms with Crippen molar-refractivity contribution >= 4 is 11.6 Å². The van der Waals surface area contributed by atoms with Crippen LogP contribution in [-0.4, -0.2) is 22.9 Å². The molecule has 0 aromatic carbocycles. The van der Waals surface area contributed by atoms with E-state index in [-0.39, 0.29) is 0 Å². The van der Waals surface area contributed by atoms with Crippen molar-refractivity contribution < 1.29 is 0 Å². The van der Waals surface area contributed by atoms with Crippen LogP contribution in [0.4, 0.5) is 0 Å². The lowest BCUT2D eigenvalue weighted by molar-refractivity contribution is 0.400. The van der Waals surface area contributed by atoms with Gasteiger partial charge in [-0.05, 0) is 39.2 Å². The van der Waals surface area contributed by atoms with E-state index in [0.717, 1.165) is 23.2 Å². The largest absolute Gasteiger partial charge is 0.317 e. The normalized spacial score (nSPS) is 25.1. The Labute approximate surface area is 115 Å². The van der Waals surface area contributed by atoms with E-state index in [9.17, 15) is 0 Å². The van der Waals surface area contributed by atoms with Crippen LogP contribution in [-0.2, 0) is 13.5 Å². The fourth-order valence-corrected chi connectivity index (χ4v) is 3.36. The molecule has 1 heterocycles. The van der Waals surface area contributed by atoms with Gasteiger partial charge < -0.3 is 5.32 Å². The summed E-state index contributed by atoms with van der Waals surface area (Å²) in [6, 6.07) is 0.674. The quantitative estimate of drug-likeness (QED) is 0.855. The topological polar surface area (TPSA) is 29.9 Å². The van der Waals surface area contributed by atoms with Crippen molar-refractivity contribution in [3.05, 3.63) is 16.4 Å². The van der Waals surface area contributed by atoms with E-state index >= 15 is 0 Å². The predicted molar refractivity (Wildman–Crippen MR) is 76.1 cm³/mol. The number of aromatic nitrogens is 2. The van der Waals surface area contributed by atoms with Gasteiger partial charge in [-0.2, -0.15) is 5.10 Å². The molecule has 0 amide bonds. The third kappa shape index (κ3) is 3.07. The molecule has 2 rings (SSSR count). The summed E-state index contributed by atoms with van der Waals surface area (Å²) >= 11 is 6.33. The van der Waals surface area contributed by atoms with Crippen LogP contribution in [0.1, 0.15) is 43.4 Å². The molecule has 1 fully saturated rings. The Bertz CT molecular complexity index is 400. The maximum Gasteiger partial charge on any atom is 0.130 e. The van der Waals surface area contributed by atoms with Gasteiger partial charge in [0, 0.05) is 18.7 Å². The molecule has 3 nitrogen and oxygen atoms in total. The van der Waals surface area contributed by atoms with E-state index in [1.165, 1.54) is 37.7 Å². The van der Waals surface area contributed by atoms with E-state index in [4.69, 9.17) is 11.6 Å². The fourth-order valence-electron chi connectivity index (χ4n) is 3.10. The maximum absolute atomic E-state index is 6.33. The van der Waals surface area contributed by atoms with Crippen LogP contribution < -0.4 is 5.32 Å². The molecular formula is C14H24ClN3. The summed E-state index contributed by atoms with van der Waals surface area (Å²) in [6.45, 7) is 2.06. The van der Waals surface area contributed by atoms with Crippen molar-refractivity contribution in [1.29, 1.82) is 0 Å². The molecule has 1 saturated carbocycles. The van der Waals surface area contributed by atoms with Crippen molar-refractivity contribution in [3.8, 4) is 0 Å². The van der Waals surface area contributed by atoms with E-state index < -0.39 is 0 Å². The summed E-state index contributed by atoms with van der Waals surface area (Å²) in [4.78, 5) is 0. The van der Waals surface area contributed by atoms with Crippen molar-refractivity contribution in [2.24, 2.45) is 13.0 Å². The fraction of sp³-hybridized carbons (Fsp3) is 0.786. The molecule has 1 aromatic rings. The molecule has 0 spiro atoms. The molecule has 2 unspecified atom stereocenters. The average molecular weight is 270 g/mol. The van der Waals surface area contributed by atoms with Gasteiger partial charge in [-0.25, -0.2) is 0 Å². The van der Waals surface area contributed by atoms with E-state index in [0.29, 0.717) is 6.04 Å². The smallest absolute Gasteiger partial charge is 0.130 e. The molecule has 1 aliphatic rings. The molecule has 1 N–H and O–H groups in total. The second-order valence-corrected chi connectivity index (χ2v) is 5.91. The highest BCUT2D eigenvalue weighted by Gasteiger charge is 2.22. The first kappa shape index (κ1) is 13.9. The summed E-state index contributed by atoms with van der Waals surface area (Å²) < 4.78 is 1.79. The van der Waals surface area contributed by atoms with Crippen LogP contribution in [0.3, 0.4) is 0 Å². The van der Waals surface area contributed by atoms with E-state index in [1.54, 1.807) is 4.68 Å². The minimum atomic E-state index is 0.674. The Morgan fingerprint density at radius 1 is 1.39 bits per heavy atom. The molecule has 0 radical (unpaired) electrons. The van der Waals surface area contributed by atoms with Gasteiger partial charge in [0.25, 0.3) is 0 Å². The van der Waals surface area contributed by atoms with Crippen LogP contribution in [0.25, 0.3) is 0 Å². The van der Waals surface area contributed by atoms with Gasteiger partial charge in [-0.3, -0.25) is 4.68 Å². The number of nitrogens with one attached hydrogen (secondary N) is 1. The Hall–Kier alpha value is -0.540. The number of hydrogen-bond donors (Lipinski definition) is 1. The third-order valence-corrected chi connectivity index (χ3v) is 4.68. The van der Waals surface area contributed by atoms with Gasteiger partial charge in [-0.1, -0.05) is 30.9 Å². The molecule has 1 aliphatic carbocycles. The SMILES string of the molecule is CNC1CCCCC(Cc2c(C)nn(C)c2Cl)C1. The summed E-state index contributed by atoms with van der Waals surface area (Å²) in [5.41, 5.74) is 2.34. The number of nitrogens with zero attached hydrogens (tertiary/aromatic N) is 2. The lowest BCUT2D eigenvalue weighted by Gasteiger charge is -2.19. The third-order valence-electron chi connectivity index (χ3n) is 4.20. The molecule has 102 valence electrons. The Morgan fingerprint density at radius 2 is 2.11 bits per heavy atom. The molecule has 0 bridgehead atoms. The summed E-state index contributed by atoms with van der Waals surface area (Å²) in [7, 11) is 4.00. The van der Waals surface area contributed by atoms with Crippen LogP contribution >= 0.6 is 11.6 Å². The van der Waals surface area contributed by atoms with Crippen molar-refractivity contribution in [2.75, 3.05) is 7.05 Å². The highest BCUT2D eigenvalue weighted by molar-refractivity contribution is 6.30. The second kappa shape index (κ2) is 6.07. The van der Waals surface area contributed by atoms with Gasteiger partial charge in [-0.15, -0.1) is 0 Å². The van der Waals surface area contributed by atoms with Crippen LogP contribution in [0.2, 0.25) is 5.15 Å². The summed E-state index contributed by atoms with van der Waals surface area (Å²) in [5.74, 6) is 0.741. The second-order valence-electron chi connectivity index (χ2n) is 5.55. The van der Waals surface area contributed by atoms with E-state index in [1.807, 2.05) is 7.05 Å². The van der Waals surface area contributed by atoms with Gasteiger partial charge in [0.2, 0.25) is 0 Å². The lowest BCUT2D eigenvalue weighted by Crippen LogP contribution is -2.26. The lowest BCUT2D eigenvalue weighted by atomic mass is 9.91. The van der Waals surface area contributed by atoms with E-state index in [2.05, 4.69) is 24.4 Å². The van der Waals surface area contributed by atoms with Crippen LogP contribution in [0.5, 0.6) is 0 Å². The van der Waals surface area contributed by atoms with Crippen molar-refractivity contribution in [1.82, 2.24) is 15.1 Å². The Morgan fingerprint density at radius 3 is 2.72 bits per heavy atom. The average Bonchev–Trinajstić information content (AvgIpc) is 2.57. The van der Waals surface area contributed by atoms with Crippen LogP contribution in [0.15, 0.2) is 0 Å². The Kier molecular flexibility index (Phi) is 4.68. The van der Waals surface area contributed by atoms with Crippen molar-refractivity contribution in [3.63, 3.8) is 0 Å². The van der Waals surface area contributed by atoms with Gasteiger partial charge in [0.05, 0.1) is 5.69 Å².